The number of pyridine rings is 1. The molecule has 1 heteroatoms. The van der Waals surface area contributed by atoms with E-state index in [0.717, 1.165) is 6.54 Å². The predicted molar refractivity (Wildman–Crippen MR) is 136 cm³/mol. The van der Waals surface area contributed by atoms with Crippen molar-refractivity contribution in [3.8, 4) is 0 Å². The molecule has 0 atom stereocenters. The number of hydrogen-bond acceptors (Lipinski definition) is 0. The van der Waals surface area contributed by atoms with E-state index in [2.05, 4.69) is 67.2 Å². The summed E-state index contributed by atoms with van der Waals surface area (Å²) >= 11 is 0. The van der Waals surface area contributed by atoms with Gasteiger partial charge in [0, 0.05) is 16.7 Å². The summed E-state index contributed by atoms with van der Waals surface area (Å²) in [6.45, 7) is 5.57. The molecule has 0 aliphatic rings. The Morgan fingerprint density at radius 3 is 1.45 bits per heavy atom. The minimum absolute atomic E-state index is 0.982. The Bertz CT molecular complexity index is 640. The van der Waals surface area contributed by atoms with Gasteiger partial charge in [-0.25, -0.2) is 4.57 Å². The van der Waals surface area contributed by atoms with Gasteiger partial charge < -0.3 is 0 Å². The van der Waals surface area contributed by atoms with Crippen molar-refractivity contribution in [2.24, 2.45) is 0 Å². The molecule has 0 saturated carbocycles. The van der Waals surface area contributed by atoms with Crippen LogP contribution >= 0.6 is 0 Å². The van der Waals surface area contributed by atoms with Gasteiger partial charge in [0.05, 0.1) is 0 Å². The molecule has 0 fully saturated rings. The second kappa shape index (κ2) is 17.0. The molecule has 0 bridgehead atoms. The molecule has 0 aliphatic carbocycles. The first-order chi connectivity index (χ1) is 15.3. The normalized spacial score (nSPS) is 11.2. The van der Waals surface area contributed by atoms with Crippen molar-refractivity contribution in [3.05, 3.63) is 65.5 Å². The number of aromatic nitrogens is 1. The van der Waals surface area contributed by atoms with Crippen LogP contribution in [-0.2, 0) is 19.4 Å². The van der Waals surface area contributed by atoms with Gasteiger partial charge in [-0.1, -0.05) is 121 Å². The third-order valence-electron chi connectivity index (χ3n) is 6.38. The maximum atomic E-state index is 2.50. The molecule has 0 saturated heterocycles. The van der Waals surface area contributed by atoms with E-state index < -0.39 is 0 Å². The first-order valence-corrected chi connectivity index (χ1v) is 13.4. The highest BCUT2D eigenvalue weighted by Gasteiger charge is 2.09. The number of unbranched alkanes of at least 4 members (excludes halogenated alkanes) is 12. The molecule has 1 heterocycles. The lowest BCUT2D eigenvalue weighted by Crippen LogP contribution is -2.35. The summed E-state index contributed by atoms with van der Waals surface area (Å²) in [6, 6.07) is 13.4. The van der Waals surface area contributed by atoms with Gasteiger partial charge in [-0.15, -0.1) is 0 Å². The molecule has 1 aromatic heterocycles. The molecule has 0 radical (unpaired) electrons. The van der Waals surface area contributed by atoms with Crippen LogP contribution in [0.1, 0.15) is 120 Å². The molecule has 0 aliphatic heterocycles. The Labute approximate surface area is 193 Å². The molecule has 1 aromatic carbocycles. The summed E-state index contributed by atoms with van der Waals surface area (Å²) in [6.07, 6.45) is 26.6. The van der Waals surface area contributed by atoms with Crippen LogP contribution in [-0.4, -0.2) is 0 Å². The number of hydrogen-bond donors (Lipinski definition) is 0. The van der Waals surface area contributed by atoms with E-state index in [4.69, 9.17) is 0 Å². The molecule has 0 amide bonds. The number of aryl methyl sites for hydroxylation is 2. The summed E-state index contributed by atoms with van der Waals surface area (Å²) in [7, 11) is 0. The summed E-state index contributed by atoms with van der Waals surface area (Å²) in [5, 5.41) is 0. The third-order valence-corrected chi connectivity index (χ3v) is 6.38. The smallest absolute Gasteiger partial charge is 0.173 e. The quantitative estimate of drug-likeness (QED) is 0.167. The first kappa shape index (κ1) is 25.6. The Kier molecular flexibility index (Phi) is 14.0. The molecular formula is C30H48N+. The Morgan fingerprint density at radius 1 is 0.516 bits per heavy atom. The van der Waals surface area contributed by atoms with E-state index in [1.807, 2.05) is 0 Å². The van der Waals surface area contributed by atoms with Crippen molar-refractivity contribution in [3.63, 3.8) is 0 Å². The van der Waals surface area contributed by atoms with Crippen LogP contribution in [0.3, 0.4) is 0 Å². The fourth-order valence-corrected chi connectivity index (χ4v) is 4.51. The zero-order valence-corrected chi connectivity index (χ0v) is 20.6. The Hall–Kier alpha value is -1.63. The standard InChI is InChI=1S/C30H48N/c1-3-5-7-9-11-13-16-22-29-24-30(23-17-14-12-10-8-6-4-2)27-31(26-29)25-28-20-18-15-19-21-28/h15,18-21,24,26-27H,3-14,16-17,22-23,25H2,1-2H3/q+1. The van der Waals surface area contributed by atoms with Crippen molar-refractivity contribution < 1.29 is 4.57 Å². The Balaban J connectivity index is 1.86. The molecule has 2 aromatic rings. The highest BCUT2D eigenvalue weighted by Crippen LogP contribution is 2.14. The SMILES string of the molecule is CCCCCCCCCc1cc(CCCCCCCCC)c[n+](Cc2ccccc2)c1. The lowest BCUT2D eigenvalue weighted by atomic mass is 10.0. The third kappa shape index (κ3) is 12.1. The molecular weight excluding hydrogens is 374 g/mol. The molecule has 1 nitrogen and oxygen atoms in total. The zero-order chi connectivity index (χ0) is 22.0. The second-order valence-electron chi connectivity index (χ2n) is 9.45. The number of benzene rings is 1. The van der Waals surface area contributed by atoms with Gasteiger partial charge in [0.15, 0.2) is 18.9 Å². The van der Waals surface area contributed by atoms with Crippen molar-refractivity contribution in [2.75, 3.05) is 0 Å². The average Bonchev–Trinajstić information content (AvgIpc) is 2.78. The van der Waals surface area contributed by atoms with Gasteiger partial charge in [-0.05, 0) is 31.7 Å². The van der Waals surface area contributed by atoms with Gasteiger partial charge in [-0.3, -0.25) is 0 Å². The van der Waals surface area contributed by atoms with Crippen molar-refractivity contribution in [1.82, 2.24) is 0 Å². The van der Waals surface area contributed by atoms with Crippen molar-refractivity contribution >= 4 is 0 Å². The largest absolute Gasteiger partial charge is 0.200 e. The van der Waals surface area contributed by atoms with Crippen molar-refractivity contribution in [1.29, 1.82) is 0 Å². The van der Waals surface area contributed by atoms with Gasteiger partial charge in [0.25, 0.3) is 0 Å². The lowest BCUT2D eigenvalue weighted by molar-refractivity contribution is -0.689. The van der Waals surface area contributed by atoms with Crippen LogP contribution in [0.4, 0.5) is 0 Å². The molecule has 2 rings (SSSR count). The summed E-state index contributed by atoms with van der Waals surface area (Å²) in [5.74, 6) is 0. The highest BCUT2D eigenvalue weighted by molar-refractivity contribution is 5.17. The van der Waals surface area contributed by atoms with E-state index in [1.165, 1.54) is 119 Å². The fraction of sp³-hybridized carbons (Fsp3) is 0.633. The minimum atomic E-state index is 0.982. The molecule has 31 heavy (non-hydrogen) atoms. The maximum Gasteiger partial charge on any atom is 0.173 e. The van der Waals surface area contributed by atoms with E-state index in [0.29, 0.717) is 0 Å². The van der Waals surface area contributed by atoms with Gasteiger partial charge in [0.2, 0.25) is 0 Å². The van der Waals surface area contributed by atoms with Crippen molar-refractivity contribution in [2.45, 2.75) is 123 Å². The number of nitrogens with zero attached hydrogens (tertiary/aromatic N) is 1. The fourth-order valence-electron chi connectivity index (χ4n) is 4.51. The van der Waals surface area contributed by atoms with E-state index >= 15 is 0 Å². The van der Waals surface area contributed by atoms with Gasteiger partial charge in [0.1, 0.15) is 0 Å². The lowest BCUT2D eigenvalue weighted by Gasteiger charge is -2.07. The van der Waals surface area contributed by atoms with Crippen LogP contribution in [0.25, 0.3) is 0 Å². The summed E-state index contributed by atoms with van der Waals surface area (Å²) < 4.78 is 2.43. The maximum absolute atomic E-state index is 2.50. The summed E-state index contributed by atoms with van der Waals surface area (Å²) in [4.78, 5) is 0. The van der Waals surface area contributed by atoms with Crippen LogP contribution in [0.2, 0.25) is 0 Å². The predicted octanol–water partition coefficient (Wildman–Crippen LogP) is 8.61. The van der Waals surface area contributed by atoms with Gasteiger partial charge in [-0.2, -0.15) is 0 Å². The summed E-state index contributed by atoms with van der Waals surface area (Å²) in [5.41, 5.74) is 4.46. The Morgan fingerprint density at radius 2 is 0.968 bits per heavy atom. The average molecular weight is 423 g/mol. The minimum Gasteiger partial charge on any atom is -0.200 e. The second-order valence-corrected chi connectivity index (χ2v) is 9.45. The number of rotatable bonds is 18. The van der Waals surface area contributed by atoms with Crippen LogP contribution in [0, 0.1) is 0 Å². The molecule has 172 valence electrons. The van der Waals surface area contributed by atoms with Crippen LogP contribution in [0.15, 0.2) is 48.8 Å². The van der Waals surface area contributed by atoms with E-state index in [-0.39, 0.29) is 0 Å². The molecule has 0 N–H and O–H groups in total. The van der Waals surface area contributed by atoms with E-state index in [9.17, 15) is 0 Å². The molecule has 0 unspecified atom stereocenters. The highest BCUT2D eigenvalue weighted by atomic mass is 14.9. The van der Waals surface area contributed by atoms with Crippen LogP contribution in [0.5, 0.6) is 0 Å². The topological polar surface area (TPSA) is 3.88 Å². The van der Waals surface area contributed by atoms with E-state index in [1.54, 1.807) is 0 Å². The monoisotopic (exact) mass is 422 g/mol. The van der Waals surface area contributed by atoms with Gasteiger partial charge >= 0.3 is 0 Å². The van der Waals surface area contributed by atoms with Crippen LogP contribution < -0.4 is 4.57 Å². The first-order valence-electron chi connectivity index (χ1n) is 13.4. The molecule has 0 spiro atoms. The zero-order valence-electron chi connectivity index (χ0n) is 20.6.